The summed E-state index contributed by atoms with van der Waals surface area (Å²) in [6, 6.07) is 9.63. The molecule has 0 fully saturated rings. The number of carbonyl (C=O) groups excluding carboxylic acids is 2. The number of aryl methyl sites for hydroxylation is 1. The molecule has 3 aliphatic heterocycles. The molecular weight excluding hydrogens is 543 g/mol. The highest BCUT2D eigenvalue weighted by molar-refractivity contribution is 7.13. The summed E-state index contributed by atoms with van der Waals surface area (Å²) in [5.41, 5.74) is 3.36. The van der Waals surface area contributed by atoms with E-state index in [2.05, 4.69) is 20.3 Å². The molecule has 0 radical (unpaired) electrons. The fourth-order valence-electron chi connectivity index (χ4n) is 5.87. The van der Waals surface area contributed by atoms with Crippen LogP contribution < -0.4 is 15.0 Å². The summed E-state index contributed by atoms with van der Waals surface area (Å²) in [6.07, 6.45) is 8.92. The van der Waals surface area contributed by atoms with E-state index in [1.807, 2.05) is 35.0 Å². The minimum Gasteiger partial charge on any atom is -0.490 e. The van der Waals surface area contributed by atoms with Crippen molar-refractivity contribution in [2.75, 3.05) is 11.9 Å². The zero-order valence-corrected chi connectivity index (χ0v) is 23.0. The van der Waals surface area contributed by atoms with Gasteiger partial charge in [0.25, 0.3) is 11.8 Å². The van der Waals surface area contributed by atoms with E-state index >= 15 is 4.39 Å². The smallest absolute Gasteiger partial charge is 0.255 e. The number of ether oxygens (including phenoxy) is 1. The van der Waals surface area contributed by atoms with Crippen LogP contribution in [0.1, 0.15) is 52.6 Å². The highest BCUT2D eigenvalue weighted by Gasteiger charge is 2.42. The molecule has 0 saturated heterocycles. The number of hydrogen-bond acceptors (Lipinski definition) is 6. The Balaban J connectivity index is 1.18. The number of rotatable bonds is 7. The molecule has 2 N–H and O–H groups in total. The Morgan fingerprint density at radius 3 is 2.85 bits per heavy atom. The fraction of sp³-hybridized carbons (Fsp3) is 0.300. The minimum absolute atomic E-state index is 0.0252. The van der Waals surface area contributed by atoms with Crippen molar-refractivity contribution in [2.45, 2.75) is 50.9 Å². The molecule has 0 spiro atoms. The van der Waals surface area contributed by atoms with Gasteiger partial charge in [-0.3, -0.25) is 19.9 Å². The van der Waals surface area contributed by atoms with Gasteiger partial charge in [0.05, 0.1) is 25.0 Å². The molecule has 9 nitrogen and oxygen atoms in total. The lowest BCUT2D eigenvalue weighted by Crippen LogP contribution is -2.72. The molecule has 2 unspecified atom stereocenters. The van der Waals surface area contributed by atoms with Crippen molar-refractivity contribution < 1.29 is 23.7 Å². The van der Waals surface area contributed by atoms with Gasteiger partial charge in [-0.15, -0.1) is 11.3 Å². The maximum Gasteiger partial charge on any atom is 0.255 e. The fourth-order valence-corrected chi connectivity index (χ4v) is 6.40. The number of imidazole rings is 1. The number of anilines is 1. The zero-order valence-electron chi connectivity index (χ0n) is 22.2. The molecule has 5 heterocycles. The first-order valence-electron chi connectivity index (χ1n) is 13.7. The Labute approximate surface area is 239 Å². The van der Waals surface area contributed by atoms with Crippen LogP contribution >= 0.6 is 11.3 Å². The van der Waals surface area contributed by atoms with E-state index in [1.54, 1.807) is 24.0 Å². The molecule has 4 aromatic rings. The van der Waals surface area contributed by atoms with Crippen LogP contribution in [0.2, 0.25) is 0 Å². The molecule has 41 heavy (non-hydrogen) atoms. The first-order valence-corrected chi connectivity index (χ1v) is 14.6. The van der Waals surface area contributed by atoms with Gasteiger partial charge in [0.15, 0.2) is 11.2 Å². The summed E-state index contributed by atoms with van der Waals surface area (Å²) in [5, 5.41) is 5.02. The van der Waals surface area contributed by atoms with Gasteiger partial charge in [0, 0.05) is 41.4 Å². The second kappa shape index (κ2) is 10.5. The number of amides is 2. The van der Waals surface area contributed by atoms with E-state index in [-0.39, 0.29) is 23.8 Å². The van der Waals surface area contributed by atoms with Crippen LogP contribution in [0.25, 0.3) is 11.1 Å². The second-order valence-electron chi connectivity index (χ2n) is 10.5. The molecule has 3 aliphatic rings. The van der Waals surface area contributed by atoms with E-state index < -0.39 is 23.7 Å². The third-order valence-electron chi connectivity index (χ3n) is 7.91. The van der Waals surface area contributed by atoms with Crippen LogP contribution in [0, 0.1) is 5.82 Å². The SMILES string of the molecule is O=C(Nc1nccs1)C(c1ncn2c1CCC2)N1Cc2c(F)cc(-c3ccc(OC4CC=[NH+]CC4)cc3)cc2C1=O. The van der Waals surface area contributed by atoms with Crippen molar-refractivity contribution in [3.05, 3.63) is 82.6 Å². The van der Waals surface area contributed by atoms with Crippen molar-refractivity contribution >= 4 is 34.5 Å². The summed E-state index contributed by atoms with van der Waals surface area (Å²) >= 11 is 1.29. The zero-order chi connectivity index (χ0) is 27.9. The van der Waals surface area contributed by atoms with Gasteiger partial charge in [0.2, 0.25) is 0 Å². The van der Waals surface area contributed by atoms with Gasteiger partial charge in [-0.2, -0.15) is 0 Å². The average molecular weight is 572 g/mol. The Bertz CT molecular complexity index is 1650. The highest BCUT2D eigenvalue weighted by Crippen LogP contribution is 2.38. The number of fused-ring (bicyclic) bond motifs is 2. The number of hydrogen-bond donors (Lipinski definition) is 2. The maximum atomic E-state index is 15.6. The van der Waals surface area contributed by atoms with Crippen LogP contribution in [0.5, 0.6) is 5.75 Å². The van der Waals surface area contributed by atoms with E-state index in [9.17, 15) is 9.59 Å². The number of carbonyl (C=O) groups is 2. The molecule has 11 heteroatoms. The van der Waals surface area contributed by atoms with Crippen LogP contribution in [0.4, 0.5) is 9.52 Å². The maximum absolute atomic E-state index is 15.6. The van der Waals surface area contributed by atoms with Crippen LogP contribution in [-0.2, 0) is 24.3 Å². The number of aromatic nitrogens is 3. The van der Waals surface area contributed by atoms with E-state index in [1.165, 1.54) is 22.3 Å². The van der Waals surface area contributed by atoms with E-state index in [0.717, 1.165) is 55.8 Å². The highest BCUT2D eigenvalue weighted by atomic mass is 32.1. The standard InChI is InChI=1S/C30H27FN6O3S/c31-24-15-19(18-3-5-20(6-4-18)40-21-7-9-32-10-8-21)14-22-23(24)16-37(29(22)39)27(28(38)35-30-33-11-13-41-30)26-25-2-1-12-36(25)17-34-26/h3-6,9,11,13-15,17,21,27H,1-2,7-8,10,12,16H2,(H,33,35,38)/p+1. The number of halogens is 1. The first-order chi connectivity index (χ1) is 20.0. The molecule has 2 amide bonds. The summed E-state index contributed by atoms with van der Waals surface area (Å²) in [7, 11) is 0. The topological polar surface area (TPSA) is 103 Å². The Morgan fingerprint density at radius 2 is 2.07 bits per heavy atom. The number of nitrogens with one attached hydrogen (secondary N) is 2. The number of thiazole rings is 1. The summed E-state index contributed by atoms with van der Waals surface area (Å²) in [5.74, 6) is -0.549. The average Bonchev–Trinajstić information content (AvgIpc) is 3.78. The van der Waals surface area contributed by atoms with Crippen molar-refractivity contribution in [1.82, 2.24) is 19.4 Å². The van der Waals surface area contributed by atoms with Crippen LogP contribution in [-0.4, -0.2) is 50.1 Å². The number of nitrogens with zero attached hydrogens (tertiary/aromatic N) is 4. The molecule has 0 aliphatic carbocycles. The van der Waals surface area contributed by atoms with Gasteiger partial charge < -0.3 is 14.2 Å². The van der Waals surface area contributed by atoms with Gasteiger partial charge in [-0.05, 0) is 48.2 Å². The lowest BCUT2D eigenvalue weighted by atomic mass is 9.99. The third kappa shape index (κ3) is 4.80. The second-order valence-corrected chi connectivity index (χ2v) is 11.4. The molecule has 2 aromatic heterocycles. The summed E-state index contributed by atoms with van der Waals surface area (Å²) in [6.45, 7) is 1.68. The Morgan fingerprint density at radius 1 is 1.20 bits per heavy atom. The molecule has 0 bridgehead atoms. The first kappa shape index (κ1) is 25.6. The summed E-state index contributed by atoms with van der Waals surface area (Å²) in [4.78, 5) is 40.8. The quantitative estimate of drug-likeness (QED) is 0.355. The van der Waals surface area contributed by atoms with Crippen LogP contribution in [0.15, 0.2) is 54.3 Å². The van der Waals surface area contributed by atoms with Gasteiger partial charge in [-0.25, -0.2) is 14.4 Å². The molecule has 2 atom stereocenters. The lowest BCUT2D eigenvalue weighted by molar-refractivity contribution is -0.460. The molecular formula is C30H28FN6O3S+. The monoisotopic (exact) mass is 571 g/mol. The molecule has 208 valence electrons. The molecule has 2 aromatic carbocycles. The van der Waals surface area contributed by atoms with Gasteiger partial charge >= 0.3 is 0 Å². The largest absolute Gasteiger partial charge is 0.490 e. The van der Waals surface area contributed by atoms with Crippen molar-refractivity contribution in [3.63, 3.8) is 0 Å². The minimum atomic E-state index is -1.01. The van der Waals surface area contributed by atoms with E-state index in [0.29, 0.717) is 16.4 Å². The lowest BCUT2D eigenvalue weighted by Gasteiger charge is -2.26. The Hall–Kier alpha value is -4.38. The van der Waals surface area contributed by atoms with Crippen molar-refractivity contribution in [2.24, 2.45) is 0 Å². The van der Waals surface area contributed by atoms with E-state index in [4.69, 9.17) is 4.74 Å². The van der Waals surface area contributed by atoms with Crippen molar-refractivity contribution in [3.8, 4) is 16.9 Å². The Kier molecular flexibility index (Phi) is 6.58. The molecule has 0 saturated carbocycles. The third-order valence-corrected chi connectivity index (χ3v) is 8.60. The number of benzene rings is 2. The van der Waals surface area contributed by atoms with Gasteiger partial charge in [-0.1, -0.05) is 12.1 Å². The normalized spacial score (nSPS) is 18.3. The van der Waals surface area contributed by atoms with Gasteiger partial charge in [0.1, 0.15) is 30.4 Å². The predicted molar refractivity (Wildman–Crippen MR) is 151 cm³/mol. The summed E-state index contributed by atoms with van der Waals surface area (Å²) < 4.78 is 23.7. The van der Waals surface area contributed by atoms with Crippen LogP contribution in [0.3, 0.4) is 0 Å². The predicted octanol–water partition coefficient (Wildman–Crippen LogP) is 3.12. The van der Waals surface area contributed by atoms with Crippen molar-refractivity contribution in [1.29, 1.82) is 0 Å². The molecule has 7 rings (SSSR count).